The van der Waals surface area contributed by atoms with Crippen molar-refractivity contribution in [2.75, 3.05) is 40.9 Å². The second-order valence-corrected chi connectivity index (χ2v) is 33.9. The van der Waals surface area contributed by atoms with E-state index in [9.17, 15) is 19.5 Å². The fourth-order valence-corrected chi connectivity index (χ4v) is 17.1. The zero-order valence-corrected chi connectivity index (χ0v) is 71.3. The number of halogens is 4. The second kappa shape index (κ2) is 40.4. The van der Waals surface area contributed by atoms with Crippen LogP contribution in [-0.2, 0) is 49.9 Å². The van der Waals surface area contributed by atoms with Crippen molar-refractivity contribution in [2.45, 2.75) is 51.3 Å². The lowest BCUT2D eigenvalue weighted by atomic mass is 9.99. The fraction of sp³-hybridized carbons (Fsp3) is 0.143. The van der Waals surface area contributed by atoms with Gasteiger partial charge in [-0.05, 0) is 171 Å². The SMILES string of the molecule is Brc1ccc2c(c1)CN(c1ncc(Cc3ccc(-n4cccn4)nc3)s1)CC2.Clc1ncc(Cc2ccc(-n3cccn3)nc2)s1.O=C1OCCN1c1ccc2c(c1)CN(c1ncc(Cc3ccc(-n4cccn4)nc3)s1)CC2.O=Cc1ccc(-n2cccn2)nc1.O=Cc1ccc(Br)nc1.OC(c1ccc(-n2cccn2)nc1)c1cnc(Cl)s1. The Morgan fingerprint density at radius 1 is 0.433 bits per heavy atom. The Morgan fingerprint density at radius 3 is 1.26 bits per heavy atom. The molecule has 17 aromatic rings. The van der Waals surface area contributed by atoms with E-state index in [0.29, 0.717) is 55.3 Å². The van der Waals surface area contributed by atoms with Gasteiger partial charge in [-0.2, -0.15) is 25.5 Å². The summed E-state index contributed by atoms with van der Waals surface area (Å²) in [6, 6.07) is 44.8. The van der Waals surface area contributed by atoms with Crippen molar-refractivity contribution in [3.05, 3.63) is 357 Å². The number of thiazole rings is 4. The van der Waals surface area contributed by atoms with Crippen LogP contribution in [0.25, 0.3) is 29.1 Å². The summed E-state index contributed by atoms with van der Waals surface area (Å²) < 4.78 is 16.5. The predicted molar refractivity (Wildman–Crippen MR) is 469 cm³/mol. The number of carbonyl (C=O) groups is 3. The van der Waals surface area contributed by atoms with Gasteiger partial charge in [0.15, 0.2) is 60.9 Å². The number of pyridine rings is 6. The molecule has 36 heteroatoms. The molecular weight excluding hydrogens is 1770 g/mol. The van der Waals surface area contributed by atoms with E-state index in [0.717, 1.165) is 129 Å². The molecular formula is C84H69Br2Cl2N23O5S4. The van der Waals surface area contributed by atoms with Gasteiger partial charge in [-0.25, -0.2) is 78.0 Å². The molecule has 120 heavy (non-hydrogen) atoms. The number of hydrogen-bond donors (Lipinski definition) is 1. The Morgan fingerprint density at radius 2 is 0.867 bits per heavy atom. The van der Waals surface area contributed by atoms with Crippen LogP contribution in [0.15, 0.2) is 273 Å². The summed E-state index contributed by atoms with van der Waals surface area (Å²) in [4.78, 5) is 85.9. The molecule has 1 saturated heterocycles. The summed E-state index contributed by atoms with van der Waals surface area (Å²) in [5.41, 5.74) is 11.6. The van der Waals surface area contributed by atoms with Crippen LogP contribution in [0.5, 0.6) is 0 Å². The zero-order valence-electron chi connectivity index (χ0n) is 63.3. The second-order valence-electron chi connectivity index (χ2n) is 26.6. The number of rotatable bonds is 18. The Bertz CT molecular complexity index is 6110. The highest BCUT2D eigenvalue weighted by atomic mass is 79.9. The first-order valence-electron chi connectivity index (χ1n) is 37.2. The number of cyclic esters (lactones) is 1. The highest BCUT2D eigenvalue weighted by molar-refractivity contribution is 9.10. The number of aromatic nitrogens is 20. The van der Waals surface area contributed by atoms with Crippen LogP contribution in [0.2, 0.25) is 8.93 Å². The summed E-state index contributed by atoms with van der Waals surface area (Å²) in [6.07, 6.45) is 40.5. The first-order valence-corrected chi connectivity index (χ1v) is 42.8. The Kier molecular flexibility index (Phi) is 27.8. The number of anilines is 3. The van der Waals surface area contributed by atoms with E-state index in [1.54, 1.807) is 143 Å². The summed E-state index contributed by atoms with van der Waals surface area (Å²) in [5.74, 6) is 3.85. The average Bonchev–Trinajstić information content (AvgIpc) is 1.55. The van der Waals surface area contributed by atoms with E-state index in [1.165, 1.54) is 72.6 Å². The number of aliphatic hydroxyl groups is 1. The molecule has 18 heterocycles. The van der Waals surface area contributed by atoms with Gasteiger partial charge in [0.1, 0.15) is 17.3 Å². The number of aliphatic hydroxyl groups excluding tert-OH is 1. The smallest absolute Gasteiger partial charge is 0.414 e. The maximum absolute atomic E-state index is 11.9. The van der Waals surface area contributed by atoms with Crippen LogP contribution in [0.1, 0.15) is 90.8 Å². The van der Waals surface area contributed by atoms with Crippen LogP contribution >= 0.6 is 100 Å². The fourth-order valence-electron chi connectivity index (χ4n) is 12.5. The Hall–Kier alpha value is -12.4. The molecule has 1 atom stereocenters. The van der Waals surface area contributed by atoms with Crippen LogP contribution in [-0.4, -0.2) is 149 Å². The van der Waals surface area contributed by atoms with Crippen molar-refractivity contribution in [3.8, 4) is 29.1 Å². The summed E-state index contributed by atoms with van der Waals surface area (Å²) in [7, 11) is 0. The van der Waals surface area contributed by atoms with Crippen LogP contribution in [0.4, 0.5) is 20.7 Å². The van der Waals surface area contributed by atoms with Gasteiger partial charge in [0.05, 0.1) is 11.4 Å². The van der Waals surface area contributed by atoms with Crippen molar-refractivity contribution in [1.29, 1.82) is 0 Å². The zero-order chi connectivity index (χ0) is 82.5. The number of carbonyl (C=O) groups excluding carboxylic acids is 3. The van der Waals surface area contributed by atoms with E-state index in [1.807, 2.05) is 116 Å². The molecule has 20 rings (SSSR count). The highest BCUT2D eigenvalue weighted by Crippen LogP contribution is 2.35. The maximum Gasteiger partial charge on any atom is 0.414 e. The molecule has 0 spiro atoms. The lowest BCUT2D eigenvalue weighted by molar-refractivity contribution is 0.111. The number of aldehydes is 2. The van der Waals surface area contributed by atoms with E-state index < -0.39 is 6.10 Å². The van der Waals surface area contributed by atoms with Gasteiger partial charge in [-0.15, -0.1) is 45.3 Å². The van der Waals surface area contributed by atoms with Gasteiger partial charge in [0, 0.05) is 211 Å². The number of benzene rings is 2. The van der Waals surface area contributed by atoms with Gasteiger partial charge < -0.3 is 19.6 Å². The first kappa shape index (κ1) is 82.7. The van der Waals surface area contributed by atoms with Crippen molar-refractivity contribution >= 4 is 135 Å². The van der Waals surface area contributed by atoms with Crippen LogP contribution in [0, 0.1) is 0 Å². The molecule has 1 amide bonds. The Balaban J connectivity index is 0.000000117. The molecule has 1 fully saturated rings. The summed E-state index contributed by atoms with van der Waals surface area (Å²) in [5, 5.41) is 33.0. The first-order chi connectivity index (χ1) is 58.7. The standard InChI is InChI=1S/C24H22N6O2S.C21H18BrN5S.C12H9ClN4OS.C12H9ClN4S.C9H7N3O.C6H4BrNO/c31-24-29(10-11-32-24)20-4-3-18-6-9-28(16-19(18)13-20)23-26-15-21(33-23)12-17-2-5-22(25-14-17)30-8-1-7-27-30;22-18-4-3-16-6-9-26(14-17(16)11-18)21-24-13-19(28-21)10-15-2-5-20(23-12-15)27-8-1-7-25-27;13-12-15-7-9(19-12)11(18)8-2-3-10(14-6-8)17-5-1-4-16-17;13-12-15-8-10(18-12)6-9-2-3-11(14-7-9)17-5-1-4-16-17;13-7-8-2-3-9(10-6-8)12-5-1-4-11-12;7-6-2-1-5(4-9)3-8-6/h1-5,7-8,13-15H,6,9-12,16H2;1-5,7-8,11-13H,6,9-10,14H2;1-7,11,18H;1-5,7-8H,6H2;1-7H;1-4H. The highest BCUT2D eigenvalue weighted by Gasteiger charge is 2.27. The van der Waals surface area contributed by atoms with E-state index in [-0.39, 0.29) is 6.09 Å². The van der Waals surface area contributed by atoms with Gasteiger partial charge in [-0.3, -0.25) is 14.5 Å². The van der Waals surface area contributed by atoms with Gasteiger partial charge in [-0.1, -0.05) is 75.5 Å². The quantitative estimate of drug-likeness (QED) is 0.0616. The molecule has 602 valence electrons. The predicted octanol–water partition coefficient (Wildman–Crippen LogP) is 16.6. The molecule has 3 aliphatic heterocycles. The van der Waals surface area contributed by atoms with E-state index >= 15 is 0 Å². The molecule has 28 nitrogen and oxygen atoms in total. The molecule has 0 radical (unpaired) electrons. The summed E-state index contributed by atoms with van der Waals surface area (Å²) >= 11 is 24.5. The minimum atomic E-state index is -0.760. The number of hydrogen-bond acceptors (Lipinski definition) is 26. The largest absolute Gasteiger partial charge is 0.447 e. The van der Waals surface area contributed by atoms with Crippen molar-refractivity contribution in [3.63, 3.8) is 0 Å². The molecule has 1 N–H and O–H groups in total. The van der Waals surface area contributed by atoms with Crippen molar-refractivity contribution in [1.82, 2.24) is 98.7 Å². The van der Waals surface area contributed by atoms with E-state index in [4.69, 9.17) is 32.9 Å². The molecule has 3 aliphatic rings. The Labute approximate surface area is 730 Å². The molecule has 1 unspecified atom stereocenters. The third-order valence-corrected chi connectivity index (χ3v) is 23.9. The number of fused-ring (bicyclic) bond motifs is 2. The van der Waals surface area contributed by atoms with Gasteiger partial charge in [0.25, 0.3) is 0 Å². The topological polar surface area (TPSA) is 308 Å². The number of amides is 1. The minimum Gasteiger partial charge on any atom is -0.447 e. The summed E-state index contributed by atoms with van der Waals surface area (Å²) in [6.45, 7) is 4.72. The van der Waals surface area contributed by atoms with Gasteiger partial charge >= 0.3 is 6.09 Å². The average molecular weight is 1840 g/mol. The lowest BCUT2D eigenvalue weighted by Crippen LogP contribution is -2.31. The third-order valence-electron chi connectivity index (χ3n) is 18.5. The molecule has 15 aromatic heterocycles. The minimum absolute atomic E-state index is 0.265. The van der Waals surface area contributed by atoms with Gasteiger partial charge in [0.2, 0.25) is 0 Å². The van der Waals surface area contributed by atoms with Crippen LogP contribution in [0.3, 0.4) is 0 Å². The number of nitrogens with zero attached hydrogens (tertiary/aromatic N) is 23. The lowest BCUT2D eigenvalue weighted by Gasteiger charge is -2.29. The van der Waals surface area contributed by atoms with E-state index in [2.05, 4.69) is 154 Å². The molecule has 2 aromatic carbocycles. The maximum atomic E-state index is 11.9. The third kappa shape index (κ3) is 22.1. The number of ether oxygens (including phenoxy) is 1. The normalized spacial score (nSPS) is 12.8. The molecule has 0 aliphatic carbocycles. The van der Waals surface area contributed by atoms with Crippen molar-refractivity contribution in [2.24, 2.45) is 0 Å². The van der Waals surface area contributed by atoms with Crippen molar-refractivity contribution < 1.29 is 24.2 Å². The molecule has 0 saturated carbocycles. The molecule has 0 bridgehead atoms. The van der Waals surface area contributed by atoms with Crippen LogP contribution < -0.4 is 14.7 Å². The monoisotopic (exact) mass is 1840 g/mol.